The zero-order valence-corrected chi connectivity index (χ0v) is 16.0. The van der Waals surface area contributed by atoms with Gasteiger partial charge in [0.15, 0.2) is 18.2 Å². The van der Waals surface area contributed by atoms with Gasteiger partial charge in [-0.3, -0.25) is 0 Å². The number of rotatable bonds is 5. The van der Waals surface area contributed by atoms with E-state index in [2.05, 4.69) is 11.7 Å². The molecular formula is C22H22F6O. The largest absolute Gasteiger partial charge is 0.481 e. The summed E-state index contributed by atoms with van der Waals surface area (Å²) in [5, 5.41) is 0. The van der Waals surface area contributed by atoms with Gasteiger partial charge in [-0.15, -0.1) is 0 Å². The third-order valence-electron chi connectivity index (χ3n) is 5.62. The summed E-state index contributed by atoms with van der Waals surface area (Å²) in [5.74, 6) is -3.64. The van der Waals surface area contributed by atoms with Crippen molar-refractivity contribution in [3.05, 3.63) is 53.3 Å². The van der Waals surface area contributed by atoms with Crippen LogP contribution in [-0.4, -0.2) is 12.8 Å². The van der Waals surface area contributed by atoms with E-state index in [1.807, 2.05) is 0 Å². The highest BCUT2D eigenvalue weighted by Crippen LogP contribution is 2.39. The minimum absolute atomic E-state index is 0.144. The Hall–Kier alpha value is -2.18. The SMILES string of the molecule is CCC1CCC(c2ccc(-c3ccc(OCC(F)(F)F)c(F)c3F)c(F)c2)CC1. The van der Waals surface area contributed by atoms with Gasteiger partial charge < -0.3 is 4.74 Å². The molecule has 3 rings (SSSR count). The van der Waals surface area contributed by atoms with Crippen molar-refractivity contribution in [2.75, 3.05) is 6.61 Å². The second kappa shape index (κ2) is 8.67. The Morgan fingerprint density at radius 2 is 1.55 bits per heavy atom. The molecule has 0 spiro atoms. The fourth-order valence-corrected chi connectivity index (χ4v) is 3.92. The van der Waals surface area contributed by atoms with Crippen molar-refractivity contribution < 1.29 is 31.1 Å². The molecule has 7 heteroatoms. The lowest BCUT2D eigenvalue weighted by Gasteiger charge is -2.28. The molecule has 1 aliphatic carbocycles. The summed E-state index contributed by atoms with van der Waals surface area (Å²) in [6.07, 6.45) is 0.553. The van der Waals surface area contributed by atoms with Gasteiger partial charge in [-0.2, -0.15) is 17.6 Å². The van der Waals surface area contributed by atoms with E-state index in [9.17, 15) is 26.3 Å². The monoisotopic (exact) mass is 416 g/mol. The summed E-state index contributed by atoms with van der Waals surface area (Å²) in [5.41, 5.74) is 0.321. The van der Waals surface area contributed by atoms with Crippen LogP contribution in [0.3, 0.4) is 0 Å². The zero-order valence-electron chi connectivity index (χ0n) is 16.0. The van der Waals surface area contributed by atoms with Crippen LogP contribution in [0.15, 0.2) is 30.3 Å². The van der Waals surface area contributed by atoms with Gasteiger partial charge in [0.2, 0.25) is 5.82 Å². The third-order valence-corrected chi connectivity index (χ3v) is 5.62. The normalized spacial score (nSPS) is 20.0. The molecule has 0 amide bonds. The van der Waals surface area contributed by atoms with Crippen molar-refractivity contribution in [3.8, 4) is 16.9 Å². The van der Waals surface area contributed by atoms with Gasteiger partial charge in [-0.05, 0) is 61.3 Å². The third kappa shape index (κ3) is 5.06. The number of alkyl halides is 3. The molecule has 0 unspecified atom stereocenters. The fourth-order valence-electron chi connectivity index (χ4n) is 3.92. The van der Waals surface area contributed by atoms with E-state index in [4.69, 9.17) is 0 Å². The highest BCUT2D eigenvalue weighted by Gasteiger charge is 2.30. The Bertz CT molecular complexity index is 853. The van der Waals surface area contributed by atoms with E-state index in [-0.39, 0.29) is 17.0 Å². The van der Waals surface area contributed by atoms with Crippen molar-refractivity contribution in [3.63, 3.8) is 0 Å². The van der Waals surface area contributed by atoms with E-state index in [1.54, 1.807) is 6.07 Å². The van der Waals surface area contributed by atoms with Crippen LogP contribution in [0, 0.1) is 23.4 Å². The van der Waals surface area contributed by atoms with Gasteiger partial charge in [-0.1, -0.05) is 25.5 Å². The topological polar surface area (TPSA) is 9.23 Å². The van der Waals surface area contributed by atoms with Crippen molar-refractivity contribution in [1.29, 1.82) is 0 Å². The predicted molar refractivity (Wildman–Crippen MR) is 98.3 cm³/mol. The van der Waals surface area contributed by atoms with Crippen LogP contribution in [0.1, 0.15) is 50.5 Å². The Morgan fingerprint density at radius 1 is 0.897 bits per heavy atom. The Labute approximate surface area is 165 Å². The summed E-state index contributed by atoms with van der Waals surface area (Å²) in [6.45, 7) is 0.415. The van der Waals surface area contributed by atoms with Crippen LogP contribution in [0.2, 0.25) is 0 Å². The van der Waals surface area contributed by atoms with Gasteiger partial charge in [0.25, 0.3) is 0 Å². The Kier molecular flexibility index (Phi) is 6.44. The molecule has 0 saturated heterocycles. The van der Waals surface area contributed by atoms with Crippen LogP contribution >= 0.6 is 0 Å². The molecule has 0 heterocycles. The zero-order chi connectivity index (χ0) is 21.2. The molecule has 1 fully saturated rings. The van der Waals surface area contributed by atoms with Crippen LogP contribution in [-0.2, 0) is 0 Å². The molecule has 2 aromatic carbocycles. The average Bonchev–Trinajstić information content (AvgIpc) is 2.69. The van der Waals surface area contributed by atoms with Crippen LogP contribution in [0.5, 0.6) is 5.75 Å². The molecule has 158 valence electrons. The maximum Gasteiger partial charge on any atom is 0.422 e. The minimum atomic E-state index is -4.68. The molecule has 0 aromatic heterocycles. The number of halogens is 6. The molecule has 1 nitrogen and oxygen atoms in total. The smallest absolute Gasteiger partial charge is 0.422 e. The minimum Gasteiger partial charge on any atom is -0.481 e. The maximum absolute atomic E-state index is 14.7. The lowest BCUT2D eigenvalue weighted by atomic mass is 9.77. The van der Waals surface area contributed by atoms with Crippen molar-refractivity contribution in [1.82, 2.24) is 0 Å². The second-order valence-electron chi connectivity index (χ2n) is 7.51. The van der Waals surface area contributed by atoms with E-state index in [1.165, 1.54) is 12.1 Å². The van der Waals surface area contributed by atoms with E-state index in [0.29, 0.717) is 5.92 Å². The highest BCUT2D eigenvalue weighted by molar-refractivity contribution is 5.66. The number of benzene rings is 2. The predicted octanol–water partition coefficient (Wildman–Crippen LogP) is 7.40. The molecule has 1 aliphatic rings. The van der Waals surface area contributed by atoms with Gasteiger partial charge in [-0.25, -0.2) is 8.78 Å². The highest BCUT2D eigenvalue weighted by atomic mass is 19.4. The fraction of sp³-hybridized carbons (Fsp3) is 0.455. The van der Waals surface area contributed by atoms with E-state index < -0.39 is 36.0 Å². The molecule has 0 bridgehead atoms. The summed E-state index contributed by atoms with van der Waals surface area (Å²) in [6, 6.07) is 6.34. The van der Waals surface area contributed by atoms with Gasteiger partial charge in [0, 0.05) is 11.1 Å². The Morgan fingerprint density at radius 3 is 2.14 bits per heavy atom. The number of hydrogen-bond acceptors (Lipinski definition) is 1. The first kappa shape index (κ1) is 21.5. The van der Waals surface area contributed by atoms with Crippen LogP contribution < -0.4 is 4.74 Å². The Balaban J connectivity index is 1.81. The molecule has 29 heavy (non-hydrogen) atoms. The first-order valence-electron chi connectivity index (χ1n) is 9.67. The van der Waals surface area contributed by atoms with Crippen molar-refractivity contribution in [2.45, 2.75) is 51.1 Å². The summed E-state index contributed by atoms with van der Waals surface area (Å²) in [7, 11) is 0. The quantitative estimate of drug-likeness (QED) is 0.462. The molecule has 0 atom stereocenters. The standard InChI is InChI=1S/C22H22F6O/c1-2-13-3-5-14(6-4-13)15-7-8-16(18(23)11-15)17-9-10-19(21(25)20(17)24)29-12-22(26,27)28/h7-11,13-14H,2-6,12H2,1H3. The number of hydrogen-bond donors (Lipinski definition) is 0. The van der Waals surface area contributed by atoms with Crippen molar-refractivity contribution >= 4 is 0 Å². The van der Waals surface area contributed by atoms with E-state index >= 15 is 0 Å². The molecular weight excluding hydrogens is 394 g/mol. The molecule has 0 aliphatic heterocycles. The molecule has 0 N–H and O–H groups in total. The van der Waals surface area contributed by atoms with E-state index in [0.717, 1.165) is 49.8 Å². The molecule has 1 saturated carbocycles. The maximum atomic E-state index is 14.7. The molecule has 2 aromatic rings. The lowest BCUT2D eigenvalue weighted by Crippen LogP contribution is -2.19. The van der Waals surface area contributed by atoms with Gasteiger partial charge in [0.1, 0.15) is 5.82 Å². The summed E-state index contributed by atoms with van der Waals surface area (Å²) in [4.78, 5) is 0. The lowest BCUT2D eigenvalue weighted by molar-refractivity contribution is -0.153. The summed E-state index contributed by atoms with van der Waals surface area (Å²) >= 11 is 0. The van der Waals surface area contributed by atoms with Crippen molar-refractivity contribution in [2.24, 2.45) is 5.92 Å². The first-order chi connectivity index (χ1) is 13.7. The second-order valence-corrected chi connectivity index (χ2v) is 7.51. The van der Waals surface area contributed by atoms with Gasteiger partial charge >= 0.3 is 6.18 Å². The average molecular weight is 416 g/mol. The van der Waals surface area contributed by atoms with Crippen LogP contribution in [0.25, 0.3) is 11.1 Å². The molecule has 0 radical (unpaired) electrons. The van der Waals surface area contributed by atoms with Gasteiger partial charge in [0.05, 0.1) is 0 Å². The van der Waals surface area contributed by atoms with Crippen LogP contribution in [0.4, 0.5) is 26.3 Å². The first-order valence-corrected chi connectivity index (χ1v) is 9.67. The summed E-state index contributed by atoms with van der Waals surface area (Å²) < 4.78 is 84.1. The number of ether oxygens (including phenoxy) is 1.